The second kappa shape index (κ2) is 10.1. The van der Waals surface area contributed by atoms with Crippen molar-refractivity contribution in [1.82, 2.24) is 4.90 Å². The molecule has 1 saturated heterocycles. The Morgan fingerprint density at radius 3 is 1.94 bits per heavy atom. The van der Waals surface area contributed by atoms with Crippen molar-refractivity contribution in [3.05, 3.63) is 132 Å². The van der Waals surface area contributed by atoms with E-state index < -0.39 is 5.60 Å². The minimum Gasteiger partial charge on any atom is -0.369 e. The van der Waals surface area contributed by atoms with Crippen LogP contribution in [0, 0.1) is 11.8 Å². The largest absolute Gasteiger partial charge is 0.369 e. The molecule has 2 heteroatoms. The predicted octanol–water partition coefficient (Wildman–Crippen LogP) is 6.08. The van der Waals surface area contributed by atoms with Crippen LogP contribution in [0.2, 0.25) is 0 Å². The lowest BCUT2D eigenvalue weighted by Gasteiger charge is -2.24. The molecule has 1 aliphatic rings. The number of benzene rings is 4. The first-order valence-corrected chi connectivity index (χ1v) is 11.9. The number of hydrogen-bond donors (Lipinski definition) is 1. The van der Waals surface area contributed by atoms with Crippen LogP contribution >= 0.6 is 0 Å². The molecule has 1 N–H and O–H groups in total. The molecule has 1 fully saturated rings. The third kappa shape index (κ3) is 4.82. The summed E-state index contributed by atoms with van der Waals surface area (Å²) in [5, 5.41) is 11.8. The van der Waals surface area contributed by atoms with E-state index in [4.69, 9.17) is 0 Å². The van der Waals surface area contributed by atoms with Gasteiger partial charge in [-0.15, -0.1) is 0 Å². The molecule has 0 spiro atoms. The molecule has 0 unspecified atom stereocenters. The number of nitrogens with zero attached hydrogens (tertiary/aromatic N) is 1. The van der Waals surface area contributed by atoms with Gasteiger partial charge in [0.25, 0.3) is 0 Å². The summed E-state index contributed by atoms with van der Waals surface area (Å²) in [6, 6.07) is 38.9. The highest BCUT2D eigenvalue weighted by molar-refractivity contribution is 5.64. The zero-order valence-electron chi connectivity index (χ0n) is 19.3. The van der Waals surface area contributed by atoms with Crippen LogP contribution < -0.4 is 0 Å². The van der Waals surface area contributed by atoms with Gasteiger partial charge in [-0.05, 0) is 35.6 Å². The molecular formula is C32H29NO. The Balaban J connectivity index is 1.37. The second-order valence-electron chi connectivity index (χ2n) is 8.95. The van der Waals surface area contributed by atoms with Gasteiger partial charge < -0.3 is 5.11 Å². The standard InChI is InChI=1S/C32H29NO/c34-32(30-15-8-3-9-16-30,31-19-17-28(18-20-31)26-11-4-1-5-12-26)22-10-23-33-24-21-29(25-33)27-13-6-2-7-14-27/h1-9,11-20,29,34H,21,23-25H2/t29-,32+/m0/s1. The SMILES string of the molecule is O[C@](C#CCN1CC[C@H](c2ccccc2)C1)(c1ccccc1)c1ccc(-c2ccccc2)cc1. The average Bonchev–Trinajstić information content (AvgIpc) is 3.39. The maximum absolute atomic E-state index is 11.8. The number of rotatable bonds is 5. The van der Waals surface area contributed by atoms with Gasteiger partial charge in [-0.2, -0.15) is 0 Å². The lowest BCUT2D eigenvalue weighted by molar-refractivity contribution is 0.145. The maximum atomic E-state index is 11.8. The van der Waals surface area contributed by atoms with Crippen molar-refractivity contribution in [1.29, 1.82) is 0 Å². The number of likely N-dealkylation sites (tertiary alicyclic amines) is 1. The van der Waals surface area contributed by atoms with Crippen LogP contribution in [0.1, 0.15) is 29.0 Å². The van der Waals surface area contributed by atoms with Crippen molar-refractivity contribution in [2.24, 2.45) is 0 Å². The molecule has 4 aromatic carbocycles. The van der Waals surface area contributed by atoms with E-state index in [9.17, 15) is 5.11 Å². The third-order valence-electron chi connectivity index (χ3n) is 6.72. The summed E-state index contributed by atoms with van der Waals surface area (Å²) in [4.78, 5) is 2.38. The Morgan fingerprint density at radius 1 is 0.706 bits per heavy atom. The van der Waals surface area contributed by atoms with E-state index in [0.717, 1.165) is 41.8 Å². The Kier molecular flexibility index (Phi) is 6.58. The minimum absolute atomic E-state index is 0.557. The fraction of sp³-hybridized carbons (Fsp3) is 0.188. The van der Waals surface area contributed by atoms with Crippen molar-refractivity contribution < 1.29 is 5.11 Å². The Labute approximate surface area is 202 Å². The van der Waals surface area contributed by atoms with Crippen molar-refractivity contribution in [2.45, 2.75) is 17.9 Å². The summed E-state index contributed by atoms with van der Waals surface area (Å²) in [6.07, 6.45) is 1.15. The first-order chi connectivity index (χ1) is 16.7. The molecule has 0 aliphatic carbocycles. The molecule has 0 bridgehead atoms. The number of hydrogen-bond acceptors (Lipinski definition) is 2. The second-order valence-corrected chi connectivity index (χ2v) is 8.95. The molecule has 1 aliphatic heterocycles. The molecule has 5 rings (SSSR count). The highest BCUT2D eigenvalue weighted by Crippen LogP contribution is 2.31. The smallest absolute Gasteiger partial charge is 0.176 e. The molecule has 0 aromatic heterocycles. The minimum atomic E-state index is -1.35. The highest BCUT2D eigenvalue weighted by atomic mass is 16.3. The molecular weight excluding hydrogens is 414 g/mol. The molecule has 34 heavy (non-hydrogen) atoms. The zero-order valence-corrected chi connectivity index (χ0v) is 19.3. The van der Waals surface area contributed by atoms with Gasteiger partial charge in [0.05, 0.1) is 6.54 Å². The van der Waals surface area contributed by atoms with Crippen LogP contribution in [0.15, 0.2) is 115 Å². The van der Waals surface area contributed by atoms with Crippen LogP contribution in [0.4, 0.5) is 0 Å². The normalized spacial score (nSPS) is 17.5. The van der Waals surface area contributed by atoms with E-state index >= 15 is 0 Å². The van der Waals surface area contributed by atoms with Crippen molar-refractivity contribution in [3.63, 3.8) is 0 Å². The van der Waals surface area contributed by atoms with Crippen molar-refractivity contribution in [2.75, 3.05) is 19.6 Å². The van der Waals surface area contributed by atoms with Gasteiger partial charge in [-0.3, -0.25) is 4.90 Å². The molecule has 0 saturated carbocycles. The lowest BCUT2D eigenvalue weighted by atomic mass is 9.86. The van der Waals surface area contributed by atoms with E-state index in [1.54, 1.807) is 0 Å². The summed E-state index contributed by atoms with van der Waals surface area (Å²) < 4.78 is 0. The van der Waals surface area contributed by atoms with Crippen molar-refractivity contribution >= 4 is 0 Å². The van der Waals surface area contributed by atoms with Gasteiger partial charge in [0.15, 0.2) is 5.60 Å². The summed E-state index contributed by atoms with van der Waals surface area (Å²) in [5.41, 5.74) is 3.90. The summed E-state index contributed by atoms with van der Waals surface area (Å²) in [6.45, 7) is 2.69. The Morgan fingerprint density at radius 2 is 1.26 bits per heavy atom. The Bertz CT molecular complexity index is 1260. The van der Waals surface area contributed by atoms with Crippen molar-refractivity contribution in [3.8, 4) is 23.0 Å². The van der Waals surface area contributed by atoms with E-state index in [1.807, 2.05) is 60.7 Å². The van der Waals surface area contributed by atoms with Gasteiger partial charge in [0.1, 0.15) is 0 Å². The van der Waals surface area contributed by atoms with Gasteiger partial charge in [-0.25, -0.2) is 0 Å². The lowest BCUT2D eigenvalue weighted by Crippen LogP contribution is -2.26. The van der Waals surface area contributed by atoms with E-state index in [-0.39, 0.29) is 0 Å². The predicted molar refractivity (Wildman–Crippen MR) is 139 cm³/mol. The number of aliphatic hydroxyl groups is 1. The molecule has 1 heterocycles. The van der Waals surface area contributed by atoms with E-state index in [0.29, 0.717) is 12.5 Å². The van der Waals surface area contributed by atoms with Gasteiger partial charge >= 0.3 is 0 Å². The molecule has 2 atom stereocenters. The molecule has 0 amide bonds. The third-order valence-corrected chi connectivity index (χ3v) is 6.72. The van der Waals surface area contributed by atoms with E-state index in [2.05, 4.69) is 71.3 Å². The van der Waals surface area contributed by atoms with Gasteiger partial charge in [0.2, 0.25) is 0 Å². The molecule has 0 radical (unpaired) electrons. The summed E-state index contributed by atoms with van der Waals surface area (Å²) >= 11 is 0. The van der Waals surface area contributed by atoms with Gasteiger partial charge in [-0.1, -0.05) is 127 Å². The first-order valence-electron chi connectivity index (χ1n) is 11.9. The fourth-order valence-electron chi connectivity index (χ4n) is 4.78. The highest BCUT2D eigenvalue weighted by Gasteiger charge is 2.29. The van der Waals surface area contributed by atoms with Crippen LogP contribution in [-0.2, 0) is 5.60 Å². The van der Waals surface area contributed by atoms with Crippen LogP contribution in [0.5, 0.6) is 0 Å². The Hall–Kier alpha value is -3.64. The maximum Gasteiger partial charge on any atom is 0.176 e. The van der Waals surface area contributed by atoms with Crippen LogP contribution in [0.25, 0.3) is 11.1 Å². The first kappa shape index (κ1) is 22.2. The molecule has 4 aromatic rings. The average molecular weight is 444 g/mol. The molecule has 168 valence electrons. The van der Waals surface area contributed by atoms with Gasteiger partial charge in [0, 0.05) is 17.7 Å². The quantitative estimate of drug-likeness (QED) is 0.378. The monoisotopic (exact) mass is 443 g/mol. The van der Waals surface area contributed by atoms with E-state index in [1.165, 1.54) is 5.56 Å². The topological polar surface area (TPSA) is 23.5 Å². The summed E-state index contributed by atoms with van der Waals surface area (Å²) in [5.74, 6) is 7.10. The van der Waals surface area contributed by atoms with Crippen LogP contribution in [0.3, 0.4) is 0 Å². The van der Waals surface area contributed by atoms with Crippen LogP contribution in [-0.4, -0.2) is 29.6 Å². The summed E-state index contributed by atoms with van der Waals surface area (Å²) in [7, 11) is 0. The zero-order chi connectivity index (χ0) is 23.2. The fourth-order valence-corrected chi connectivity index (χ4v) is 4.78. The molecule has 2 nitrogen and oxygen atoms in total.